The van der Waals surface area contributed by atoms with Crippen molar-refractivity contribution in [2.75, 3.05) is 13.1 Å². The summed E-state index contributed by atoms with van der Waals surface area (Å²) in [6.45, 7) is 1.58. The van der Waals surface area contributed by atoms with E-state index >= 15 is 0 Å². The highest BCUT2D eigenvalue weighted by molar-refractivity contribution is 6.34. The highest BCUT2D eigenvalue weighted by Gasteiger charge is 2.19. The Morgan fingerprint density at radius 1 is 1.25 bits per heavy atom. The van der Waals surface area contributed by atoms with Crippen LogP contribution in [-0.4, -0.2) is 22.6 Å². The Hall–Kier alpha value is -1.59. The predicted octanol–water partition coefficient (Wildman–Crippen LogP) is 1.66. The van der Waals surface area contributed by atoms with Crippen LogP contribution in [0, 0.1) is 0 Å². The lowest BCUT2D eigenvalue weighted by Crippen LogP contribution is -2.41. The van der Waals surface area contributed by atoms with Crippen LogP contribution in [0.4, 0.5) is 0 Å². The second-order valence-electron chi connectivity index (χ2n) is 5.12. The second-order valence-corrected chi connectivity index (χ2v) is 5.53. The third-order valence-corrected chi connectivity index (χ3v) is 4.11. The molecule has 2 aromatic rings. The fourth-order valence-electron chi connectivity index (χ4n) is 2.77. The Morgan fingerprint density at radius 2 is 2.10 bits per heavy atom. The number of hydrogen-bond donors (Lipinski definition) is 2. The largest absolute Gasteiger partial charge is 0.329 e. The zero-order valence-electron chi connectivity index (χ0n) is 11.0. The fraction of sp³-hybridized carbons (Fsp3) is 0.429. The number of aromatic nitrogens is 2. The lowest BCUT2D eigenvalue weighted by Gasteiger charge is -2.17. The van der Waals surface area contributed by atoms with Crippen molar-refractivity contribution in [1.29, 1.82) is 0 Å². The highest BCUT2D eigenvalue weighted by atomic mass is 35.5. The molecule has 1 aromatic heterocycles. The van der Waals surface area contributed by atoms with Gasteiger partial charge in [0, 0.05) is 6.54 Å². The van der Waals surface area contributed by atoms with Gasteiger partial charge in [0.1, 0.15) is 0 Å². The molecule has 1 unspecified atom stereocenters. The normalized spacial score (nSPS) is 19.9. The molecule has 0 amide bonds. The molecule has 1 aromatic carbocycles. The Morgan fingerprint density at radius 3 is 2.95 bits per heavy atom. The minimum atomic E-state index is -0.385. The van der Waals surface area contributed by atoms with Gasteiger partial charge < -0.3 is 10.3 Å². The van der Waals surface area contributed by atoms with Gasteiger partial charge in [-0.05, 0) is 31.5 Å². The molecule has 3 rings (SSSR count). The molecule has 1 saturated heterocycles. The van der Waals surface area contributed by atoms with Crippen molar-refractivity contribution in [3.8, 4) is 0 Å². The number of nitrogens with one attached hydrogen (secondary N) is 2. The van der Waals surface area contributed by atoms with Crippen molar-refractivity contribution in [2.24, 2.45) is 0 Å². The van der Waals surface area contributed by atoms with E-state index in [-0.39, 0.29) is 17.3 Å². The Balaban J connectivity index is 2.21. The molecular weight excluding hydrogens is 278 g/mol. The van der Waals surface area contributed by atoms with Gasteiger partial charge in [0.05, 0.1) is 22.0 Å². The van der Waals surface area contributed by atoms with Crippen molar-refractivity contribution in [2.45, 2.75) is 25.3 Å². The van der Waals surface area contributed by atoms with Crippen LogP contribution < -0.4 is 16.6 Å². The zero-order valence-corrected chi connectivity index (χ0v) is 11.7. The fourth-order valence-corrected chi connectivity index (χ4v) is 2.99. The SMILES string of the molecule is O=c1[nH]c2c(Cl)cccc2c(=O)n1C1CCCCNC1. The summed E-state index contributed by atoms with van der Waals surface area (Å²) in [4.78, 5) is 27.5. The summed E-state index contributed by atoms with van der Waals surface area (Å²) in [6.07, 6.45) is 2.92. The van der Waals surface area contributed by atoms with Gasteiger partial charge in [0.25, 0.3) is 5.56 Å². The van der Waals surface area contributed by atoms with Crippen LogP contribution in [0.3, 0.4) is 0 Å². The smallest absolute Gasteiger partial charge is 0.315 e. The molecule has 20 heavy (non-hydrogen) atoms. The van der Waals surface area contributed by atoms with Crippen LogP contribution in [0.2, 0.25) is 5.02 Å². The number of para-hydroxylation sites is 1. The molecule has 0 saturated carbocycles. The highest BCUT2D eigenvalue weighted by Crippen LogP contribution is 2.19. The molecule has 5 nitrogen and oxygen atoms in total. The van der Waals surface area contributed by atoms with E-state index in [0.29, 0.717) is 22.5 Å². The number of aromatic amines is 1. The summed E-state index contributed by atoms with van der Waals surface area (Å²) < 4.78 is 1.33. The molecule has 6 heteroatoms. The summed E-state index contributed by atoms with van der Waals surface area (Å²) >= 11 is 6.03. The lowest BCUT2D eigenvalue weighted by atomic mass is 10.1. The van der Waals surface area contributed by atoms with E-state index in [1.165, 1.54) is 4.57 Å². The second kappa shape index (κ2) is 5.42. The van der Waals surface area contributed by atoms with Crippen LogP contribution in [0.1, 0.15) is 25.3 Å². The van der Waals surface area contributed by atoms with E-state index in [4.69, 9.17) is 11.6 Å². The van der Waals surface area contributed by atoms with Crippen LogP contribution in [0.15, 0.2) is 27.8 Å². The number of hydrogen-bond acceptors (Lipinski definition) is 3. The number of benzene rings is 1. The third kappa shape index (κ3) is 2.27. The molecule has 2 heterocycles. The molecule has 106 valence electrons. The number of H-pyrrole nitrogens is 1. The number of nitrogens with zero attached hydrogens (tertiary/aromatic N) is 1. The van der Waals surface area contributed by atoms with E-state index < -0.39 is 0 Å². The number of fused-ring (bicyclic) bond motifs is 1. The first-order valence-corrected chi connectivity index (χ1v) is 7.20. The Kier molecular flexibility index (Phi) is 3.63. The van der Waals surface area contributed by atoms with Crippen LogP contribution in [0.5, 0.6) is 0 Å². The first-order valence-electron chi connectivity index (χ1n) is 6.82. The standard InChI is InChI=1S/C14H16ClN3O2/c15-11-6-3-5-10-12(11)17-14(20)18(13(10)19)9-4-1-2-7-16-8-9/h3,5-6,9,16H,1-2,4,7-8H2,(H,17,20). The van der Waals surface area contributed by atoms with Gasteiger partial charge in [0.2, 0.25) is 0 Å². The van der Waals surface area contributed by atoms with Crippen molar-refractivity contribution in [3.05, 3.63) is 44.1 Å². The van der Waals surface area contributed by atoms with E-state index in [0.717, 1.165) is 25.8 Å². The van der Waals surface area contributed by atoms with Gasteiger partial charge in [0.15, 0.2) is 0 Å². The van der Waals surface area contributed by atoms with E-state index in [9.17, 15) is 9.59 Å². The molecule has 0 bridgehead atoms. The molecule has 0 radical (unpaired) electrons. The summed E-state index contributed by atoms with van der Waals surface area (Å²) in [5, 5.41) is 4.12. The van der Waals surface area contributed by atoms with Gasteiger partial charge in [-0.2, -0.15) is 0 Å². The Bertz CT molecular complexity index is 742. The topological polar surface area (TPSA) is 66.9 Å². The monoisotopic (exact) mass is 293 g/mol. The van der Waals surface area contributed by atoms with Crippen molar-refractivity contribution < 1.29 is 0 Å². The van der Waals surface area contributed by atoms with Gasteiger partial charge in [-0.25, -0.2) is 4.79 Å². The maximum Gasteiger partial charge on any atom is 0.329 e. The molecule has 1 aliphatic rings. The minimum Gasteiger partial charge on any atom is -0.315 e. The van der Waals surface area contributed by atoms with E-state index in [1.807, 2.05) is 0 Å². The van der Waals surface area contributed by atoms with Crippen LogP contribution in [0.25, 0.3) is 10.9 Å². The van der Waals surface area contributed by atoms with Crippen LogP contribution >= 0.6 is 11.6 Å². The molecule has 1 aliphatic heterocycles. The number of halogens is 1. The van der Waals surface area contributed by atoms with Gasteiger partial charge in [-0.1, -0.05) is 24.1 Å². The first kappa shape index (κ1) is 13.4. The zero-order chi connectivity index (χ0) is 14.1. The minimum absolute atomic E-state index is 0.0999. The van der Waals surface area contributed by atoms with E-state index in [2.05, 4.69) is 10.3 Å². The van der Waals surface area contributed by atoms with Gasteiger partial charge >= 0.3 is 5.69 Å². The summed E-state index contributed by atoms with van der Waals surface area (Å²) in [5.74, 6) is 0. The lowest BCUT2D eigenvalue weighted by molar-refractivity contribution is 0.435. The average Bonchev–Trinajstić information content (AvgIpc) is 2.69. The summed E-state index contributed by atoms with van der Waals surface area (Å²) in [7, 11) is 0. The number of rotatable bonds is 1. The molecule has 2 N–H and O–H groups in total. The first-order chi connectivity index (χ1) is 9.68. The van der Waals surface area contributed by atoms with Crippen molar-refractivity contribution >= 4 is 22.5 Å². The maximum absolute atomic E-state index is 12.6. The maximum atomic E-state index is 12.6. The van der Waals surface area contributed by atoms with Crippen LogP contribution in [-0.2, 0) is 0 Å². The van der Waals surface area contributed by atoms with Crippen molar-refractivity contribution in [3.63, 3.8) is 0 Å². The molecule has 1 fully saturated rings. The molecule has 1 atom stereocenters. The molecule has 0 aliphatic carbocycles. The average molecular weight is 294 g/mol. The predicted molar refractivity (Wildman–Crippen MR) is 79.6 cm³/mol. The van der Waals surface area contributed by atoms with Gasteiger partial charge in [-0.3, -0.25) is 9.36 Å². The molecule has 0 spiro atoms. The summed E-state index contributed by atoms with van der Waals surface area (Å²) in [6, 6.07) is 4.98. The van der Waals surface area contributed by atoms with E-state index in [1.54, 1.807) is 18.2 Å². The Labute approximate surface area is 120 Å². The molecular formula is C14H16ClN3O2. The van der Waals surface area contributed by atoms with Crippen molar-refractivity contribution in [1.82, 2.24) is 14.9 Å². The summed E-state index contributed by atoms with van der Waals surface area (Å²) in [5.41, 5.74) is -0.230. The third-order valence-electron chi connectivity index (χ3n) is 3.80. The quantitative estimate of drug-likeness (QED) is 0.840. The van der Waals surface area contributed by atoms with Gasteiger partial charge in [-0.15, -0.1) is 0 Å².